The van der Waals surface area contributed by atoms with Crippen molar-refractivity contribution in [2.24, 2.45) is 0 Å². The molecular weight excluding hydrogens is 328 g/mol. The standard InChI is InChI=1S/C20H22N4O2/c1-14-17(15(2)26-22-14)8-9-20(25)24-13-19-21-10-11-23(19)12-18(24)16-6-4-3-5-7-16/h3-7,10-11,18H,8-9,12-13H2,1-2H3/t18-/m0/s1. The van der Waals surface area contributed by atoms with Crippen LogP contribution in [0.4, 0.5) is 0 Å². The molecule has 0 aliphatic carbocycles. The molecule has 0 N–H and O–H groups in total. The van der Waals surface area contributed by atoms with E-state index in [-0.39, 0.29) is 11.9 Å². The monoisotopic (exact) mass is 350 g/mol. The van der Waals surface area contributed by atoms with E-state index < -0.39 is 0 Å². The van der Waals surface area contributed by atoms with Gasteiger partial charge in [0, 0.05) is 30.9 Å². The first-order chi connectivity index (χ1) is 12.6. The van der Waals surface area contributed by atoms with Crippen LogP contribution >= 0.6 is 0 Å². The summed E-state index contributed by atoms with van der Waals surface area (Å²) in [6.45, 7) is 5.08. The van der Waals surface area contributed by atoms with Gasteiger partial charge in [-0.2, -0.15) is 0 Å². The predicted molar refractivity (Wildman–Crippen MR) is 96.3 cm³/mol. The lowest BCUT2D eigenvalue weighted by Crippen LogP contribution is -2.41. The second-order valence-corrected chi connectivity index (χ2v) is 6.75. The Kier molecular flexibility index (Phi) is 4.32. The van der Waals surface area contributed by atoms with E-state index in [1.165, 1.54) is 0 Å². The third-order valence-electron chi connectivity index (χ3n) is 5.13. The quantitative estimate of drug-likeness (QED) is 0.725. The molecule has 4 rings (SSSR count). The van der Waals surface area contributed by atoms with Gasteiger partial charge in [0.25, 0.3) is 0 Å². The van der Waals surface area contributed by atoms with Gasteiger partial charge in [0.1, 0.15) is 11.6 Å². The fourth-order valence-electron chi connectivity index (χ4n) is 3.66. The van der Waals surface area contributed by atoms with E-state index in [2.05, 4.69) is 26.8 Å². The van der Waals surface area contributed by atoms with E-state index in [4.69, 9.17) is 4.52 Å². The molecule has 1 amide bonds. The van der Waals surface area contributed by atoms with Gasteiger partial charge in [0.05, 0.1) is 18.3 Å². The lowest BCUT2D eigenvalue weighted by molar-refractivity contribution is -0.135. The maximum atomic E-state index is 13.1. The molecule has 3 heterocycles. The molecular formula is C20H22N4O2. The molecule has 26 heavy (non-hydrogen) atoms. The highest BCUT2D eigenvalue weighted by Crippen LogP contribution is 2.30. The number of fused-ring (bicyclic) bond motifs is 1. The summed E-state index contributed by atoms with van der Waals surface area (Å²) in [5.41, 5.74) is 3.05. The van der Waals surface area contributed by atoms with Gasteiger partial charge in [-0.3, -0.25) is 4.79 Å². The summed E-state index contributed by atoms with van der Waals surface area (Å²) in [6.07, 6.45) is 4.87. The topological polar surface area (TPSA) is 64.2 Å². The average molecular weight is 350 g/mol. The van der Waals surface area contributed by atoms with Crippen LogP contribution in [0.1, 0.15) is 40.9 Å². The van der Waals surface area contributed by atoms with Crippen molar-refractivity contribution in [3.8, 4) is 0 Å². The number of carbonyl (C=O) groups is 1. The van der Waals surface area contributed by atoms with Crippen molar-refractivity contribution in [3.05, 3.63) is 71.1 Å². The lowest BCUT2D eigenvalue weighted by atomic mass is 10.0. The number of imidazole rings is 1. The fraction of sp³-hybridized carbons (Fsp3) is 0.350. The Balaban J connectivity index is 1.56. The molecule has 6 nitrogen and oxygen atoms in total. The molecule has 134 valence electrons. The minimum Gasteiger partial charge on any atom is -0.361 e. The van der Waals surface area contributed by atoms with Crippen LogP contribution < -0.4 is 0 Å². The third kappa shape index (κ3) is 3.03. The Morgan fingerprint density at radius 1 is 1.27 bits per heavy atom. The van der Waals surface area contributed by atoms with Gasteiger partial charge in [-0.05, 0) is 25.8 Å². The molecule has 1 aliphatic rings. The molecule has 0 unspecified atom stereocenters. The maximum absolute atomic E-state index is 13.1. The summed E-state index contributed by atoms with van der Waals surface area (Å²) in [6, 6.07) is 10.2. The molecule has 0 saturated heterocycles. The smallest absolute Gasteiger partial charge is 0.223 e. The van der Waals surface area contributed by atoms with Crippen molar-refractivity contribution in [2.75, 3.05) is 0 Å². The predicted octanol–water partition coefficient (Wildman–Crippen LogP) is 3.20. The molecule has 1 atom stereocenters. The Hall–Kier alpha value is -2.89. The van der Waals surface area contributed by atoms with Crippen LogP contribution in [0.5, 0.6) is 0 Å². The van der Waals surface area contributed by atoms with Crippen molar-refractivity contribution < 1.29 is 9.32 Å². The first-order valence-electron chi connectivity index (χ1n) is 8.89. The van der Waals surface area contributed by atoms with Crippen molar-refractivity contribution in [3.63, 3.8) is 0 Å². The normalized spacial score (nSPS) is 16.5. The van der Waals surface area contributed by atoms with Gasteiger partial charge in [-0.15, -0.1) is 0 Å². The van der Waals surface area contributed by atoms with E-state index >= 15 is 0 Å². The molecule has 0 saturated carbocycles. The molecule has 0 fully saturated rings. The summed E-state index contributed by atoms with van der Waals surface area (Å²) in [7, 11) is 0. The van der Waals surface area contributed by atoms with Gasteiger partial charge < -0.3 is 14.0 Å². The van der Waals surface area contributed by atoms with Crippen LogP contribution in [0.2, 0.25) is 0 Å². The number of benzene rings is 1. The highest BCUT2D eigenvalue weighted by atomic mass is 16.5. The van der Waals surface area contributed by atoms with Crippen molar-refractivity contribution in [1.82, 2.24) is 19.6 Å². The minimum atomic E-state index is 0.0232. The number of carbonyl (C=O) groups excluding carboxylic acids is 1. The van der Waals surface area contributed by atoms with Crippen molar-refractivity contribution in [2.45, 2.75) is 45.8 Å². The van der Waals surface area contributed by atoms with Gasteiger partial charge in [0.2, 0.25) is 5.91 Å². The lowest BCUT2D eigenvalue weighted by Gasteiger charge is -2.36. The van der Waals surface area contributed by atoms with Gasteiger partial charge >= 0.3 is 0 Å². The SMILES string of the molecule is Cc1noc(C)c1CCC(=O)N1Cc2nccn2C[C@H]1c1ccccc1. The highest BCUT2D eigenvalue weighted by Gasteiger charge is 2.31. The van der Waals surface area contributed by atoms with Gasteiger partial charge in [-0.25, -0.2) is 4.98 Å². The molecule has 1 aliphatic heterocycles. The largest absolute Gasteiger partial charge is 0.361 e. The maximum Gasteiger partial charge on any atom is 0.223 e. The summed E-state index contributed by atoms with van der Waals surface area (Å²) < 4.78 is 7.35. The number of rotatable bonds is 4. The zero-order chi connectivity index (χ0) is 18.1. The second-order valence-electron chi connectivity index (χ2n) is 6.75. The first kappa shape index (κ1) is 16.6. The molecule has 0 radical (unpaired) electrons. The van der Waals surface area contributed by atoms with Gasteiger partial charge in [0.15, 0.2) is 0 Å². The van der Waals surface area contributed by atoms with E-state index in [9.17, 15) is 4.79 Å². The van der Waals surface area contributed by atoms with E-state index in [0.29, 0.717) is 19.4 Å². The Morgan fingerprint density at radius 2 is 2.08 bits per heavy atom. The third-order valence-corrected chi connectivity index (χ3v) is 5.13. The zero-order valence-electron chi connectivity index (χ0n) is 15.1. The Labute approximate surface area is 152 Å². The number of aryl methyl sites for hydroxylation is 2. The molecule has 1 aromatic carbocycles. The number of hydrogen-bond donors (Lipinski definition) is 0. The zero-order valence-corrected chi connectivity index (χ0v) is 15.1. The number of aromatic nitrogens is 3. The molecule has 3 aromatic rings. The van der Waals surface area contributed by atoms with Crippen molar-refractivity contribution >= 4 is 5.91 Å². The number of hydrogen-bond acceptors (Lipinski definition) is 4. The number of amides is 1. The Morgan fingerprint density at radius 3 is 2.81 bits per heavy atom. The van der Waals surface area contributed by atoms with Crippen LogP contribution in [0.15, 0.2) is 47.2 Å². The molecule has 0 spiro atoms. The van der Waals surface area contributed by atoms with E-state index in [1.54, 1.807) is 6.20 Å². The fourth-order valence-corrected chi connectivity index (χ4v) is 3.66. The molecule has 0 bridgehead atoms. The van der Waals surface area contributed by atoms with Crippen LogP contribution in [0.25, 0.3) is 0 Å². The summed E-state index contributed by atoms with van der Waals surface area (Å²) >= 11 is 0. The highest BCUT2D eigenvalue weighted by molar-refractivity contribution is 5.77. The van der Waals surface area contributed by atoms with Crippen LogP contribution in [-0.4, -0.2) is 25.5 Å². The summed E-state index contributed by atoms with van der Waals surface area (Å²) in [4.78, 5) is 19.4. The van der Waals surface area contributed by atoms with Crippen molar-refractivity contribution in [1.29, 1.82) is 0 Å². The van der Waals surface area contributed by atoms with Crippen LogP contribution in [-0.2, 0) is 24.3 Å². The van der Waals surface area contributed by atoms with Crippen LogP contribution in [0.3, 0.4) is 0 Å². The van der Waals surface area contributed by atoms with Gasteiger partial charge in [-0.1, -0.05) is 35.5 Å². The first-order valence-corrected chi connectivity index (χ1v) is 8.89. The second kappa shape index (κ2) is 6.78. The number of nitrogens with zero attached hydrogens (tertiary/aromatic N) is 4. The molecule has 6 heteroatoms. The van der Waals surface area contributed by atoms with E-state index in [1.807, 2.05) is 43.1 Å². The summed E-state index contributed by atoms with van der Waals surface area (Å²) in [5.74, 6) is 1.86. The van der Waals surface area contributed by atoms with E-state index in [0.717, 1.165) is 35.0 Å². The minimum absolute atomic E-state index is 0.0232. The summed E-state index contributed by atoms with van der Waals surface area (Å²) in [5, 5.41) is 3.98. The Bertz CT molecular complexity index is 894. The average Bonchev–Trinajstić information content (AvgIpc) is 3.25. The van der Waals surface area contributed by atoms with Crippen LogP contribution in [0, 0.1) is 13.8 Å². The molecule has 2 aromatic heterocycles.